The molecule has 2 unspecified atom stereocenters. The second-order valence-electron chi connectivity index (χ2n) is 2.56. The van der Waals surface area contributed by atoms with Gasteiger partial charge in [0.05, 0.1) is 0 Å². The summed E-state index contributed by atoms with van der Waals surface area (Å²) in [4.78, 5) is 7.74. The Morgan fingerprint density at radius 1 is 1.73 bits per heavy atom. The zero-order valence-corrected chi connectivity index (χ0v) is 6.60. The summed E-state index contributed by atoms with van der Waals surface area (Å²) >= 11 is 0. The number of aliphatic hydroxyl groups is 1. The number of aliphatic imine (C=N–C) groups is 2. The Morgan fingerprint density at radius 3 is 2.82 bits per heavy atom. The first-order valence-electron chi connectivity index (χ1n) is 3.34. The topological polar surface area (TPSA) is 74.2 Å². The van der Waals surface area contributed by atoms with Gasteiger partial charge in [-0.25, -0.2) is 10.0 Å². The maximum absolute atomic E-state index is 9.44. The van der Waals surface area contributed by atoms with Crippen LogP contribution >= 0.6 is 0 Å². The zero-order chi connectivity index (χ0) is 8.43. The molecule has 11 heavy (non-hydrogen) atoms. The summed E-state index contributed by atoms with van der Waals surface area (Å²) in [6, 6.07) is 0. The largest absolute Gasteiger partial charge is 0.383 e. The van der Waals surface area contributed by atoms with Gasteiger partial charge in [0.2, 0.25) is 0 Å². The third kappa shape index (κ3) is 1.62. The highest BCUT2D eigenvalue weighted by molar-refractivity contribution is 5.94. The van der Waals surface area contributed by atoms with Gasteiger partial charge in [-0.2, -0.15) is 0 Å². The molecular formula is C6H12N4O. The van der Waals surface area contributed by atoms with Crippen LogP contribution in [0.15, 0.2) is 9.98 Å². The molecule has 1 aliphatic heterocycles. The lowest BCUT2D eigenvalue weighted by molar-refractivity contribution is 0.113. The van der Waals surface area contributed by atoms with Crippen molar-refractivity contribution in [3.05, 3.63) is 0 Å². The minimum Gasteiger partial charge on any atom is -0.383 e. The molecule has 0 saturated carbocycles. The van der Waals surface area contributed by atoms with E-state index in [1.807, 2.05) is 0 Å². The fourth-order valence-corrected chi connectivity index (χ4v) is 0.894. The van der Waals surface area contributed by atoms with Crippen molar-refractivity contribution in [2.75, 3.05) is 7.05 Å². The molecular weight excluding hydrogens is 144 g/mol. The fourth-order valence-electron chi connectivity index (χ4n) is 0.894. The summed E-state index contributed by atoms with van der Waals surface area (Å²) in [5.74, 6) is 5.42. The van der Waals surface area contributed by atoms with E-state index in [1.54, 1.807) is 14.0 Å². The van der Waals surface area contributed by atoms with Crippen LogP contribution in [0.5, 0.6) is 0 Å². The van der Waals surface area contributed by atoms with Gasteiger partial charge >= 0.3 is 0 Å². The highest BCUT2D eigenvalue weighted by Crippen LogP contribution is 2.06. The normalized spacial score (nSPS) is 30.8. The maximum atomic E-state index is 9.44. The molecule has 0 aromatic carbocycles. The van der Waals surface area contributed by atoms with E-state index in [9.17, 15) is 5.11 Å². The number of nitrogens with two attached hydrogens (primary N) is 1. The molecule has 0 saturated heterocycles. The third-order valence-electron chi connectivity index (χ3n) is 1.61. The molecule has 0 aliphatic carbocycles. The Balaban J connectivity index is 2.73. The highest BCUT2D eigenvalue weighted by atomic mass is 16.3. The summed E-state index contributed by atoms with van der Waals surface area (Å²) in [5.41, 5.74) is 0.641. The van der Waals surface area contributed by atoms with Crippen molar-refractivity contribution < 1.29 is 5.11 Å². The average Bonchev–Trinajstić information content (AvgIpc) is 1.94. The van der Waals surface area contributed by atoms with E-state index in [1.165, 1.54) is 11.3 Å². The lowest BCUT2D eigenvalue weighted by Crippen LogP contribution is -2.48. The number of aliphatic hydroxyl groups excluding tert-OH is 1. The van der Waals surface area contributed by atoms with Gasteiger partial charge in [0.15, 0.2) is 0 Å². The van der Waals surface area contributed by atoms with E-state index in [0.717, 1.165) is 0 Å². The Labute approximate surface area is 65.2 Å². The third-order valence-corrected chi connectivity index (χ3v) is 1.61. The molecule has 5 heteroatoms. The van der Waals surface area contributed by atoms with Gasteiger partial charge in [0.1, 0.15) is 18.6 Å². The van der Waals surface area contributed by atoms with E-state index in [4.69, 9.17) is 5.84 Å². The van der Waals surface area contributed by atoms with Crippen molar-refractivity contribution in [1.29, 1.82) is 0 Å². The minimum atomic E-state index is -0.685. The minimum absolute atomic E-state index is 0.396. The maximum Gasteiger partial charge on any atom is 0.147 e. The summed E-state index contributed by atoms with van der Waals surface area (Å²) in [6.45, 7) is 1.74. The van der Waals surface area contributed by atoms with Crippen LogP contribution in [-0.4, -0.2) is 41.5 Å². The van der Waals surface area contributed by atoms with E-state index in [0.29, 0.717) is 5.71 Å². The van der Waals surface area contributed by atoms with Gasteiger partial charge < -0.3 is 5.11 Å². The SMILES string of the molecule is CC1=NC=NC(N(C)N)C1O. The lowest BCUT2D eigenvalue weighted by atomic mass is 10.2. The molecule has 0 bridgehead atoms. The number of rotatable bonds is 1. The summed E-state index contributed by atoms with van der Waals surface area (Å²) in [7, 11) is 1.66. The molecule has 0 aromatic heterocycles. The van der Waals surface area contributed by atoms with Crippen LogP contribution in [0.4, 0.5) is 0 Å². The van der Waals surface area contributed by atoms with Gasteiger partial charge in [-0.3, -0.25) is 10.8 Å². The number of likely N-dealkylation sites (N-methyl/N-ethyl adjacent to an activating group) is 1. The molecule has 2 atom stereocenters. The molecule has 0 radical (unpaired) electrons. The second kappa shape index (κ2) is 3.08. The van der Waals surface area contributed by atoms with Crippen LogP contribution in [0, 0.1) is 0 Å². The summed E-state index contributed by atoms with van der Waals surface area (Å²) in [5, 5.41) is 10.8. The predicted molar refractivity (Wildman–Crippen MR) is 43.3 cm³/mol. The standard InChI is InChI=1S/C6H12N4O/c1-4-5(11)6(10(2)7)9-3-8-4/h3,5-6,11H,7H2,1-2H3. The van der Waals surface area contributed by atoms with Crippen molar-refractivity contribution in [3.8, 4) is 0 Å². The van der Waals surface area contributed by atoms with E-state index < -0.39 is 12.3 Å². The number of nitrogens with zero attached hydrogens (tertiary/aromatic N) is 3. The molecule has 3 N–H and O–H groups in total. The lowest BCUT2D eigenvalue weighted by Gasteiger charge is -2.26. The Hall–Kier alpha value is -0.780. The first kappa shape index (κ1) is 8.32. The smallest absolute Gasteiger partial charge is 0.147 e. The Bertz CT molecular complexity index is 199. The molecule has 1 rings (SSSR count). The molecule has 0 aromatic rings. The van der Waals surface area contributed by atoms with E-state index >= 15 is 0 Å². The van der Waals surface area contributed by atoms with Gasteiger partial charge in [0, 0.05) is 12.8 Å². The van der Waals surface area contributed by atoms with Gasteiger partial charge in [-0.05, 0) is 6.92 Å². The molecule has 0 amide bonds. The van der Waals surface area contributed by atoms with Crippen LogP contribution in [0.1, 0.15) is 6.92 Å². The predicted octanol–water partition coefficient (Wildman–Crippen LogP) is -1.02. The van der Waals surface area contributed by atoms with Crippen LogP contribution in [0.2, 0.25) is 0 Å². The van der Waals surface area contributed by atoms with Crippen molar-refractivity contribution in [3.63, 3.8) is 0 Å². The Kier molecular flexibility index (Phi) is 2.33. The summed E-state index contributed by atoms with van der Waals surface area (Å²) in [6.07, 6.45) is 0.332. The highest BCUT2D eigenvalue weighted by Gasteiger charge is 2.24. The fraction of sp³-hybridized carbons (Fsp3) is 0.667. The van der Waals surface area contributed by atoms with Gasteiger partial charge in [-0.1, -0.05) is 0 Å². The van der Waals surface area contributed by atoms with E-state index in [2.05, 4.69) is 9.98 Å². The molecule has 5 nitrogen and oxygen atoms in total. The monoisotopic (exact) mass is 156 g/mol. The molecule has 0 fully saturated rings. The number of hydrazine groups is 1. The van der Waals surface area contributed by atoms with Crippen LogP contribution < -0.4 is 5.84 Å². The van der Waals surface area contributed by atoms with Crippen LogP contribution in [0.25, 0.3) is 0 Å². The first-order valence-corrected chi connectivity index (χ1v) is 3.34. The van der Waals surface area contributed by atoms with Crippen LogP contribution in [0.3, 0.4) is 0 Å². The summed E-state index contributed by atoms with van der Waals surface area (Å²) < 4.78 is 0. The zero-order valence-electron chi connectivity index (χ0n) is 6.60. The molecule has 1 heterocycles. The van der Waals surface area contributed by atoms with Crippen molar-refractivity contribution >= 4 is 12.1 Å². The number of hydrogen-bond acceptors (Lipinski definition) is 5. The van der Waals surface area contributed by atoms with E-state index in [-0.39, 0.29) is 0 Å². The Morgan fingerprint density at radius 2 is 2.36 bits per heavy atom. The van der Waals surface area contributed by atoms with Crippen molar-refractivity contribution in [1.82, 2.24) is 5.01 Å². The number of hydrogen-bond donors (Lipinski definition) is 2. The quantitative estimate of drug-likeness (QED) is 0.377. The van der Waals surface area contributed by atoms with Crippen molar-refractivity contribution in [2.24, 2.45) is 15.8 Å². The van der Waals surface area contributed by atoms with Gasteiger partial charge in [0.25, 0.3) is 0 Å². The van der Waals surface area contributed by atoms with Gasteiger partial charge in [-0.15, -0.1) is 0 Å². The van der Waals surface area contributed by atoms with Crippen LogP contribution in [-0.2, 0) is 0 Å². The average molecular weight is 156 g/mol. The molecule has 62 valence electrons. The van der Waals surface area contributed by atoms with Crippen molar-refractivity contribution in [2.45, 2.75) is 19.2 Å². The first-order chi connectivity index (χ1) is 5.13. The second-order valence-corrected chi connectivity index (χ2v) is 2.56. The molecule has 1 aliphatic rings. The molecule has 0 spiro atoms.